The molecule has 3 aromatic rings. The molecule has 0 radical (unpaired) electrons. The lowest BCUT2D eigenvalue weighted by Crippen LogP contribution is -2.39. The van der Waals surface area contributed by atoms with Crippen LogP contribution in [-0.4, -0.2) is 27.9 Å². The van der Waals surface area contributed by atoms with Crippen LogP contribution in [0, 0.1) is 25.2 Å². The van der Waals surface area contributed by atoms with Crippen LogP contribution in [0.4, 0.5) is 0 Å². The fourth-order valence-corrected chi connectivity index (χ4v) is 4.03. The molecule has 180 valence electrons. The summed E-state index contributed by atoms with van der Waals surface area (Å²) in [5.41, 5.74) is 3.46. The number of pyridine rings is 1. The van der Waals surface area contributed by atoms with Gasteiger partial charge in [0.05, 0.1) is 0 Å². The number of ether oxygens (including phenoxy) is 1. The normalized spacial score (nSPS) is 11.4. The van der Waals surface area contributed by atoms with Crippen molar-refractivity contribution in [2.75, 3.05) is 0 Å². The number of aryl methyl sites for hydroxylation is 1. The zero-order chi connectivity index (χ0) is 25.4. The van der Waals surface area contributed by atoms with Crippen LogP contribution in [0.1, 0.15) is 46.9 Å². The minimum atomic E-state index is -0.956. The van der Waals surface area contributed by atoms with Crippen molar-refractivity contribution in [3.05, 3.63) is 105 Å². The highest BCUT2D eigenvalue weighted by Gasteiger charge is 2.25. The van der Waals surface area contributed by atoms with Gasteiger partial charge in [0.15, 0.2) is 6.10 Å². The van der Waals surface area contributed by atoms with E-state index in [2.05, 4.69) is 4.98 Å². The van der Waals surface area contributed by atoms with E-state index in [1.54, 1.807) is 25.7 Å². The first-order valence-electron chi connectivity index (χ1n) is 11.5. The van der Waals surface area contributed by atoms with Gasteiger partial charge in [-0.25, -0.2) is 0 Å². The van der Waals surface area contributed by atoms with Crippen LogP contribution in [0.25, 0.3) is 0 Å². The largest absolute Gasteiger partial charge is 0.453 e. The number of nitrogens with zero attached hydrogens (tertiary/aromatic N) is 2. The van der Waals surface area contributed by atoms with Crippen LogP contribution in [-0.2, 0) is 33.8 Å². The predicted molar refractivity (Wildman–Crippen MR) is 132 cm³/mol. The molecule has 1 N–H and O–H groups in total. The molecule has 3 rings (SSSR count). The molecule has 1 atom stereocenters. The minimum Gasteiger partial charge on any atom is -0.453 e. The van der Waals surface area contributed by atoms with E-state index in [9.17, 15) is 19.6 Å². The van der Waals surface area contributed by atoms with Gasteiger partial charge in [-0.2, -0.15) is 5.26 Å². The van der Waals surface area contributed by atoms with Gasteiger partial charge in [0.1, 0.15) is 11.6 Å². The third-order valence-electron chi connectivity index (χ3n) is 5.90. The highest BCUT2D eigenvalue weighted by atomic mass is 16.5. The number of nitrogens with one attached hydrogen (secondary N) is 1. The number of nitriles is 1. The number of aromatic amines is 1. The van der Waals surface area contributed by atoms with Gasteiger partial charge >= 0.3 is 5.97 Å². The highest BCUT2D eigenvalue weighted by molar-refractivity contribution is 5.83. The van der Waals surface area contributed by atoms with Crippen molar-refractivity contribution in [3.63, 3.8) is 0 Å². The summed E-state index contributed by atoms with van der Waals surface area (Å²) in [4.78, 5) is 42.1. The molecule has 1 amide bonds. The first-order valence-corrected chi connectivity index (χ1v) is 11.5. The molecule has 0 bridgehead atoms. The van der Waals surface area contributed by atoms with E-state index in [0.29, 0.717) is 30.8 Å². The lowest BCUT2D eigenvalue weighted by atomic mass is 9.99. The summed E-state index contributed by atoms with van der Waals surface area (Å²) >= 11 is 0. The molecule has 0 aliphatic rings. The summed E-state index contributed by atoms with van der Waals surface area (Å²) < 4.78 is 5.48. The molecule has 1 aromatic heterocycles. The number of rotatable bonds is 9. The third-order valence-corrected chi connectivity index (χ3v) is 5.90. The van der Waals surface area contributed by atoms with E-state index in [1.807, 2.05) is 66.7 Å². The predicted octanol–water partition coefficient (Wildman–Crippen LogP) is 3.96. The van der Waals surface area contributed by atoms with E-state index >= 15 is 0 Å². The molecule has 1 unspecified atom stereocenters. The van der Waals surface area contributed by atoms with E-state index in [1.165, 1.54) is 0 Å². The number of benzene rings is 2. The summed E-state index contributed by atoms with van der Waals surface area (Å²) in [7, 11) is 0. The Morgan fingerprint density at radius 3 is 2.06 bits per heavy atom. The van der Waals surface area contributed by atoms with Crippen LogP contribution in [0.5, 0.6) is 0 Å². The number of carbonyl (C=O) groups is 2. The fraction of sp³-hybridized carbons (Fsp3) is 0.286. The lowest BCUT2D eigenvalue weighted by molar-refractivity contribution is -0.159. The summed E-state index contributed by atoms with van der Waals surface area (Å²) in [6.07, 6.45) is -0.642. The summed E-state index contributed by atoms with van der Waals surface area (Å²) in [6.45, 7) is 5.78. The monoisotopic (exact) mass is 471 g/mol. The van der Waals surface area contributed by atoms with E-state index in [4.69, 9.17) is 4.74 Å². The molecular formula is C28H29N3O4. The number of carbonyl (C=O) groups excluding carboxylic acids is 2. The van der Waals surface area contributed by atoms with Gasteiger partial charge in [-0.1, -0.05) is 60.7 Å². The SMILES string of the molecule is Cc1[nH]c(=O)c(C#N)c(C)c1CCC(=O)OC(C)C(=O)N(Cc1ccccc1)Cc1ccccc1. The number of amides is 1. The van der Waals surface area contributed by atoms with Crippen molar-refractivity contribution in [1.29, 1.82) is 5.26 Å². The van der Waals surface area contributed by atoms with Gasteiger partial charge in [0.2, 0.25) is 0 Å². The van der Waals surface area contributed by atoms with Gasteiger partial charge < -0.3 is 14.6 Å². The maximum Gasteiger partial charge on any atom is 0.306 e. The first kappa shape index (κ1) is 25.4. The van der Waals surface area contributed by atoms with E-state index < -0.39 is 17.6 Å². The Morgan fingerprint density at radius 1 is 1.00 bits per heavy atom. The van der Waals surface area contributed by atoms with Crippen molar-refractivity contribution < 1.29 is 14.3 Å². The smallest absolute Gasteiger partial charge is 0.306 e. The van der Waals surface area contributed by atoms with Crippen LogP contribution in [0.2, 0.25) is 0 Å². The van der Waals surface area contributed by atoms with Gasteiger partial charge in [-0.15, -0.1) is 0 Å². The Morgan fingerprint density at radius 2 is 1.54 bits per heavy atom. The summed E-state index contributed by atoms with van der Waals surface area (Å²) in [5, 5.41) is 9.23. The highest BCUT2D eigenvalue weighted by Crippen LogP contribution is 2.17. The third kappa shape index (κ3) is 6.67. The summed E-state index contributed by atoms with van der Waals surface area (Å²) in [6, 6.07) is 21.2. The standard InChI is InChI=1S/C28H29N3O4/c1-19-24(20(2)30-27(33)25(19)16-29)14-15-26(32)35-21(3)28(34)31(17-22-10-6-4-7-11-22)18-23-12-8-5-9-13-23/h4-13,21H,14-15,17-18H2,1-3H3,(H,30,33). The number of H-pyrrole nitrogens is 1. The molecule has 35 heavy (non-hydrogen) atoms. The Kier molecular flexibility index (Phi) is 8.58. The molecule has 0 aliphatic carbocycles. The van der Waals surface area contributed by atoms with Crippen LogP contribution in [0.15, 0.2) is 65.5 Å². The van der Waals surface area contributed by atoms with Crippen molar-refractivity contribution in [3.8, 4) is 6.07 Å². The minimum absolute atomic E-state index is 0.0214. The van der Waals surface area contributed by atoms with Crippen molar-refractivity contribution in [2.24, 2.45) is 0 Å². The van der Waals surface area contributed by atoms with E-state index in [-0.39, 0.29) is 17.9 Å². The Hall–Kier alpha value is -4.18. The number of hydrogen-bond acceptors (Lipinski definition) is 5. The lowest BCUT2D eigenvalue weighted by Gasteiger charge is -2.26. The number of esters is 1. The molecular weight excluding hydrogens is 442 g/mol. The quantitative estimate of drug-likeness (QED) is 0.476. The second kappa shape index (κ2) is 11.8. The average Bonchev–Trinajstić information content (AvgIpc) is 2.84. The molecule has 0 saturated heterocycles. The molecule has 0 aliphatic heterocycles. The van der Waals surface area contributed by atoms with Crippen LogP contribution in [0.3, 0.4) is 0 Å². The molecule has 2 aromatic carbocycles. The zero-order valence-electron chi connectivity index (χ0n) is 20.2. The topological polar surface area (TPSA) is 103 Å². The first-order chi connectivity index (χ1) is 16.8. The van der Waals surface area contributed by atoms with Gasteiger partial charge in [-0.3, -0.25) is 14.4 Å². The average molecular weight is 472 g/mol. The Labute approximate surface area is 205 Å². The van der Waals surface area contributed by atoms with Gasteiger partial charge in [-0.05, 0) is 49.4 Å². The maximum atomic E-state index is 13.3. The van der Waals surface area contributed by atoms with E-state index in [0.717, 1.165) is 16.7 Å². The van der Waals surface area contributed by atoms with Crippen LogP contribution < -0.4 is 5.56 Å². The summed E-state index contributed by atoms with van der Waals surface area (Å²) in [5.74, 6) is -0.803. The number of hydrogen-bond donors (Lipinski definition) is 1. The Bertz CT molecular complexity index is 1240. The van der Waals surface area contributed by atoms with Gasteiger partial charge in [0, 0.05) is 25.2 Å². The van der Waals surface area contributed by atoms with Crippen LogP contribution >= 0.6 is 0 Å². The van der Waals surface area contributed by atoms with Gasteiger partial charge in [0.25, 0.3) is 11.5 Å². The van der Waals surface area contributed by atoms with Crippen molar-refractivity contribution in [2.45, 2.75) is 52.8 Å². The molecule has 7 nitrogen and oxygen atoms in total. The van der Waals surface area contributed by atoms with Crippen molar-refractivity contribution >= 4 is 11.9 Å². The number of aromatic nitrogens is 1. The molecule has 0 saturated carbocycles. The molecule has 0 spiro atoms. The fourth-order valence-electron chi connectivity index (χ4n) is 4.03. The van der Waals surface area contributed by atoms with Crippen molar-refractivity contribution in [1.82, 2.24) is 9.88 Å². The second-order valence-corrected chi connectivity index (χ2v) is 8.47. The molecule has 1 heterocycles. The molecule has 7 heteroatoms. The zero-order valence-corrected chi connectivity index (χ0v) is 20.2. The Balaban J connectivity index is 1.68. The molecule has 0 fully saturated rings. The second-order valence-electron chi connectivity index (χ2n) is 8.47. The maximum absolute atomic E-state index is 13.3.